The van der Waals surface area contributed by atoms with Gasteiger partial charge in [0.15, 0.2) is 9.84 Å². The van der Waals surface area contributed by atoms with Crippen molar-refractivity contribution in [1.29, 1.82) is 0 Å². The molecule has 1 aromatic rings. The molecule has 0 amide bonds. The van der Waals surface area contributed by atoms with Crippen LogP contribution in [0.3, 0.4) is 0 Å². The van der Waals surface area contributed by atoms with E-state index in [4.69, 9.17) is 0 Å². The minimum Gasteiger partial charge on any atom is -0.384 e. The summed E-state index contributed by atoms with van der Waals surface area (Å²) in [7, 11) is -2.98. The first-order valence-electron chi connectivity index (χ1n) is 5.65. The van der Waals surface area contributed by atoms with Crippen molar-refractivity contribution in [2.24, 2.45) is 0 Å². The summed E-state index contributed by atoms with van der Waals surface area (Å²) in [6, 6.07) is 4.78. The van der Waals surface area contributed by atoms with Gasteiger partial charge in [0, 0.05) is 18.0 Å². The summed E-state index contributed by atoms with van der Waals surface area (Å²) in [4.78, 5) is 0. The molecule has 0 aliphatic rings. The first kappa shape index (κ1) is 14.0. The molecule has 0 bridgehead atoms. The lowest BCUT2D eigenvalue weighted by Crippen LogP contribution is -2.18. The molecule has 1 N–H and O–H groups in total. The number of rotatable bonds is 6. The van der Waals surface area contributed by atoms with Gasteiger partial charge >= 0.3 is 0 Å². The molecule has 0 aliphatic heterocycles. The van der Waals surface area contributed by atoms with Crippen LogP contribution >= 0.6 is 0 Å². The normalized spacial score (nSPS) is 11.5. The molecule has 0 spiro atoms. The Kier molecular flexibility index (Phi) is 4.93. The van der Waals surface area contributed by atoms with Gasteiger partial charge in [0.2, 0.25) is 0 Å². The lowest BCUT2D eigenvalue weighted by molar-refractivity contribution is 0.595. The Labute approximate surface area is 102 Å². The standard InChI is InChI=1S/C12H18FNO2S/c1-3-7-17(15,16)8-6-14-11-5-4-10(2)12(13)9-11/h4-5,9,14H,3,6-8H2,1-2H3. The van der Waals surface area contributed by atoms with E-state index in [1.165, 1.54) is 6.07 Å². The minimum absolute atomic E-state index is 0.0797. The zero-order valence-electron chi connectivity index (χ0n) is 10.2. The average Bonchev–Trinajstić information content (AvgIpc) is 2.23. The molecule has 0 unspecified atom stereocenters. The average molecular weight is 259 g/mol. The van der Waals surface area contributed by atoms with Crippen LogP contribution in [0.5, 0.6) is 0 Å². The minimum atomic E-state index is -2.98. The van der Waals surface area contributed by atoms with Crippen LogP contribution in [-0.2, 0) is 9.84 Å². The zero-order chi connectivity index (χ0) is 12.9. The first-order chi connectivity index (χ1) is 7.94. The fraction of sp³-hybridized carbons (Fsp3) is 0.500. The molecule has 0 atom stereocenters. The molecule has 0 saturated carbocycles. The molecule has 0 fully saturated rings. The fourth-order valence-electron chi connectivity index (χ4n) is 1.47. The molecule has 0 saturated heterocycles. The van der Waals surface area contributed by atoms with Crippen LogP contribution in [-0.4, -0.2) is 26.5 Å². The number of anilines is 1. The van der Waals surface area contributed by atoms with E-state index in [1.54, 1.807) is 19.1 Å². The highest BCUT2D eigenvalue weighted by molar-refractivity contribution is 7.91. The van der Waals surface area contributed by atoms with Crippen LogP contribution in [0.1, 0.15) is 18.9 Å². The second-order valence-corrected chi connectivity index (χ2v) is 6.35. The lowest BCUT2D eigenvalue weighted by atomic mass is 10.2. The highest BCUT2D eigenvalue weighted by Crippen LogP contribution is 2.13. The van der Waals surface area contributed by atoms with Gasteiger partial charge in [-0.3, -0.25) is 0 Å². The number of halogens is 1. The van der Waals surface area contributed by atoms with Crippen LogP contribution in [0, 0.1) is 12.7 Å². The van der Waals surface area contributed by atoms with Gasteiger partial charge in [-0.1, -0.05) is 13.0 Å². The van der Waals surface area contributed by atoms with Gasteiger partial charge in [-0.15, -0.1) is 0 Å². The van der Waals surface area contributed by atoms with Gasteiger partial charge in [-0.25, -0.2) is 12.8 Å². The number of sulfone groups is 1. The Balaban J connectivity index is 2.49. The predicted molar refractivity (Wildman–Crippen MR) is 68.6 cm³/mol. The van der Waals surface area contributed by atoms with Gasteiger partial charge in [-0.05, 0) is 31.0 Å². The van der Waals surface area contributed by atoms with Gasteiger partial charge in [-0.2, -0.15) is 0 Å². The number of hydrogen-bond donors (Lipinski definition) is 1. The van der Waals surface area contributed by atoms with Crippen LogP contribution in [0.25, 0.3) is 0 Å². The third-order valence-electron chi connectivity index (χ3n) is 2.43. The maximum absolute atomic E-state index is 13.2. The molecule has 0 aliphatic carbocycles. The molecule has 1 aromatic carbocycles. The number of aryl methyl sites for hydroxylation is 1. The van der Waals surface area contributed by atoms with Crippen LogP contribution in [0.4, 0.5) is 10.1 Å². The van der Waals surface area contributed by atoms with Gasteiger partial charge in [0.05, 0.1) is 5.75 Å². The first-order valence-corrected chi connectivity index (χ1v) is 7.47. The summed E-state index contributed by atoms with van der Waals surface area (Å²) in [5, 5.41) is 2.91. The van der Waals surface area contributed by atoms with E-state index in [0.29, 0.717) is 24.2 Å². The number of benzene rings is 1. The highest BCUT2D eigenvalue weighted by Gasteiger charge is 2.08. The van der Waals surface area contributed by atoms with E-state index in [1.807, 2.05) is 6.92 Å². The van der Waals surface area contributed by atoms with Crippen molar-refractivity contribution in [3.63, 3.8) is 0 Å². The molecule has 5 heteroatoms. The number of nitrogens with one attached hydrogen (secondary N) is 1. The summed E-state index contributed by atoms with van der Waals surface area (Å²) < 4.78 is 36.1. The van der Waals surface area contributed by atoms with Crippen LogP contribution in [0.15, 0.2) is 18.2 Å². The quantitative estimate of drug-likeness (QED) is 0.853. The van der Waals surface area contributed by atoms with Crippen molar-refractivity contribution in [2.45, 2.75) is 20.3 Å². The summed E-state index contributed by atoms with van der Waals surface area (Å²) in [6.07, 6.45) is 0.626. The molecular formula is C12H18FNO2S. The maximum Gasteiger partial charge on any atom is 0.152 e. The Hall–Kier alpha value is -1.10. The Bertz CT molecular complexity index is 471. The van der Waals surface area contributed by atoms with E-state index in [2.05, 4.69) is 5.32 Å². The highest BCUT2D eigenvalue weighted by atomic mass is 32.2. The van der Waals surface area contributed by atoms with Crippen molar-refractivity contribution >= 4 is 15.5 Å². The monoisotopic (exact) mass is 259 g/mol. The van der Waals surface area contributed by atoms with Crippen LogP contribution in [0.2, 0.25) is 0 Å². The molecular weight excluding hydrogens is 241 g/mol. The zero-order valence-corrected chi connectivity index (χ0v) is 11.0. The van der Waals surface area contributed by atoms with Gasteiger partial charge < -0.3 is 5.32 Å². The smallest absolute Gasteiger partial charge is 0.152 e. The van der Waals surface area contributed by atoms with E-state index < -0.39 is 9.84 Å². The third kappa shape index (κ3) is 4.73. The summed E-state index contributed by atoms with van der Waals surface area (Å²) in [5.41, 5.74) is 1.19. The molecule has 17 heavy (non-hydrogen) atoms. The molecule has 0 heterocycles. The summed E-state index contributed by atoms with van der Waals surface area (Å²) >= 11 is 0. The lowest BCUT2D eigenvalue weighted by Gasteiger charge is -2.07. The molecule has 1 rings (SSSR count). The van der Waals surface area contributed by atoms with Crippen molar-refractivity contribution in [2.75, 3.05) is 23.4 Å². The Morgan fingerprint density at radius 1 is 1.29 bits per heavy atom. The van der Waals surface area contributed by atoms with E-state index in [9.17, 15) is 12.8 Å². The van der Waals surface area contributed by atoms with Gasteiger partial charge in [0.1, 0.15) is 5.82 Å². The summed E-state index contributed by atoms with van der Waals surface area (Å²) in [6.45, 7) is 3.83. The third-order valence-corrected chi connectivity index (χ3v) is 4.29. The second-order valence-electron chi connectivity index (χ2n) is 4.04. The summed E-state index contributed by atoms with van der Waals surface area (Å²) in [5.74, 6) is -0.000732. The Morgan fingerprint density at radius 3 is 2.59 bits per heavy atom. The van der Waals surface area contributed by atoms with Crippen LogP contribution < -0.4 is 5.32 Å². The van der Waals surface area contributed by atoms with Crippen molar-refractivity contribution < 1.29 is 12.8 Å². The predicted octanol–water partition coefficient (Wildman–Crippen LogP) is 2.37. The topological polar surface area (TPSA) is 46.2 Å². The largest absolute Gasteiger partial charge is 0.384 e. The van der Waals surface area contributed by atoms with Crippen molar-refractivity contribution in [3.05, 3.63) is 29.6 Å². The van der Waals surface area contributed by atoms with Crippen molar-refractivity contribution in [1.82, 2.24) is 0 Å². The van der Waals surface area contributed by atoms with Crippen molar-refractivity contribution in [3.8, 4) is 0 Å². The maximum atomic E-state index is 13.2. The Morgan fingerprint density at radius 2 is 2.00 bits per heavy atom. The number of hydrogen-bond acceptors (Lipinski definition) is 3. The van der Waals surface area contributed by atoms with Gasteiger partial charge in [0.25, 0.3) is 0 Å². The molecule has 96 valence electrons. The SMILES string of the molecule is CCCS(=O)(=O)CCNc1ccc(C)c(F)c1. The van der Waals surface area contributed by atoms with E-state index in [0.717, 1.165) is 0 Å². The van der Waals surface area contributed by atoms with E-state index >= 15 is 0 Å². The molecule has 3 nitrogen and oxygen atoms in total. The molecule has 0 aromatic heterocycles. The second kappa shape index (κ2) is 6.00. The fourth-order valence-corrected chi connectivity index (χ4v) is 2.71. The molecule has 0 radical (unpaired) electrons. The van der Waals surface area contributed by atoms with E-state index in [-0.39, 0.29) is 17.3 Å².